The van der Waals surface area contributed by atoms with Crippen molar-refractivity contribution in [2.75, 3.05) is 13.7 Å². The number of ether oxygens (including phenoxy) is 3. The van der Waals surface area contributed by atoms with Crippen LogP contribution in [0.2, 0.25) is 0 Å². The minimum absolute atomic E-state index is 0.119. The molecular formula is C19H18O4. The van der Waals surface area contributed by atoms with Crippen LogP contribution in [0.25, 0.3) is 6.08 Å². The first kappa shape index (κ1) is 15.2. The predicted octanol–water partition coefficient (Wildman–Crippen LogP) is 4.02. The molecule has 0 amide bonds. The molecule has 23 heavy (non-hydrogen) atoms. The standard InChI is InChI=1S/C19H18O4/c1-4-22-14-9-12(2)18-16(11-14)23-17(19(18)20)10-13-7-5-6-8-15(13)21-3/h5-11H,4H2,1-3H3/b17-10-. The first-order valence-electron chi connectivity index (χ1n) is 7.48. The van der Waals surface area contributed by atoms with Crippen LogP contribution in [0, 0.1) is 6.92 Å². The Labute approximate surface area is 135 Å². The Balaban J connectivity index is 2.00. The summed E-state index contributed by atoms with van der Waals surface area (Å²) in [7, 11) is 1.60. The smallest absolute Gasteiger partial charge is 0.232 e. The zero-order chi connectivity index (χ0) is 16.4. The van der Waals surface area contributed by atoms with E-state index in [0.29, 0.717) is 35.2 Å². The molecule has 0 radical (unpaired) electrons. The van der Waals surface area contributed by atoms with Gasteiger partial charge in [-0.3, -0.25) is 4.79 Å². The van der Waals surface area contributed by atoms with Crippen LogP contribution in [0.5, 0.6) is 17.2 Å². The van der Waals surface area contributed by atoms with E-state index in [2.05, 4.69) is 0 Å². The number of para-hydroxylation sites is 1. The molecule has 3 rings (SSSR count). The maximum Gasteiger partial charge on any atom is 0.232 e. The van der Waals surface area contributed by atoms with Gasteiger partial charge in [0.1, 0.15) is 17.2 Å². The number of ketones is 1. The molecule has 0 bridgehead atoms. The molecule has 2 aromatic rings. The van der Waals surface area contributed by atoms with E-state index in [1.54, 1.807) is 19.3 Å². The molecule has 0 aromatic heterocycles. The number of Topliss-reactive ketones (excluding diaryl/α,β-unsaturated/α-hetero) is 1. The largest absolute Gasteiger partial charge is 0.496 e. The van der Waals surface area contributed by atoms with Crippen molar-refractivity contribution in [3.8, 4) is 17.2 Å². The Bertz CT molecular complexity index is 790. The van der Waals surface area contributed by atoms with Gasteiger partial charge in [0.25, 0.3) is 0 Å². The third-order valence-corrected chi connectivity index (χ3v) is 3.68. The second-order valence-electron chi connectivity index (χ2n) is 5.23. The van der Waals surface area contributed by atoms with E-state index in [1.807, 2.05) is 44.2 Å². The van der Waals surface area contributed by atoms with Crippen molar-refractivity contribution in [1.29, 1.82) is 0 Å². The van der Waals surface area contributed by atoms with Crippen molar-refractivity contribution in [1.82, 2.24) is 0 Å². The molecule has 4 nitrogen and oxygen atoms in total. The first-order chi connectivity index (χ1) is 11.1. The summed E-state index contributed by atoms with van der Waals surface area (Å²) in [6.45, 7) is 4.37. The molecular weight excluding hydrogens is 292 g/mol. The minimum atomic E-state index is -0.119. The fraction of sp³-hybridized carbons (Fsp3) is 0.211. The Hall–Kier alpha value is -2.75. The summed E-state index contributed by atoms with van der Waals surface area (Å²) in [6, 6.07) is 11.1. The maximum atomic E-state index is 12.6. The van der Waals surface area contributed by atoms with E-state index in [0.717, 1.165) is 11.1 Å². The van der Waals surface area contributed by atoms with Gasteiger partial charge in [-0.25, -0.2) is 0 Å². The first-order valence-corrected chi connectivity index (χ1v) is 7.48. The molecule has 0 aliphatic carbocycles. The number of hydrogen-bond acceptors (Lipinski definition) is 4. The van der Waals surface area contributed by atoms with Crippen molar-refractivity contribution in [3.05, 3.63) is 58.8 Å². The van der Waals surface area contributed by atoms with Gasteiger partial charge in [-0.05, 0) is 37.6 Å². The second-order valence-corrected chi connectivity index (χ2v) is 5.23. The number of carbonyl (C=O) groups is 1. The van der Waals surface area contributed by atoms with Gasteiger partial charge in [-0.15, -0.1) is 0 Å². The zero-order valence-corrected chi connectivity index (χ0v) is 13.4. The highest BCUT2D eigenvalue weighted by atomic mass is 16.5. The van der Waals surface area contributed by atoms with Crippen molar-refractivity contribution in [2.24, 2.45) is 0 Å². The van der Waals surface area contributed by atoms with E-state index in [9.17, 15) is 4.79 Å². The maximum absolute atomic E-state index is 12.6. The lowest BCUT2D eigenvalue weighted by atomic mass is 10.0. The molecule has 0 spiro atoms. The van der Waals surface area contributed by atoms with E-state index in [4.69, 9.17) is 14.2 Å². The van der Waals surface area contributed by atoms with Crippen molar-refractivity contribution >= 4 is 11.9 Å². The van der Waals surface area contributed by atoms with Crippen molar-refractivity contribution in [2.45, 2.75) is 13.8 Å². The van der Waals surface area contributed by atoms with Crippen molar-refractivity contribution in [3.63, 3.8) is 0 Å². The van der Waals surface area contributed by atoms with E-state index >= 15 is 0 Å². The average molecular weight is 310 g/mol. The summed E-state index contributed by atoms with van der Waals surface area (Å²) >= 11 is 0. The zero-order valence-electron chi connectivity index (χ0n) is 13.4. The summed E-state index contributed by atoms with van der Waals surface area (Å²) in [5.41, 5.74) is 2.24. The number of carbonyl (C=O) groups excluding carboxylic acids is 1. The summed E-state index contributed by atoms with van der Waals surface area (Å²) in [4.78, 5) is 12.6. The van der Waals surface area contributed by atoms with Gasteiger partial charge in [0.15, 0.2) is 5.76 Å². The van der Waals surface area contributed by atoms with Crippen LogP contribution < -0.4 is 14.2 Å². The lowest BCUT2D eigenvalue weighted by molar-refractivity contribution is 0.101. The number of fused-ring (bicyclic) bond motifs is 1. The van der Waals surface area contributed by atoms with Gasteiger partial charge in [-0.2, -0.15) is 0 Å². The molecule has 118 valence electrons. The SMILES string of the molecule is CCOc1cc(C)c2c(c1)O/C(=C\c1ccccc1OC)C2=O. The summed E-state index contributed by atoms with van der Waals surface area (Å²) in [5, 5.41) is 0. The van der Waals surface area contributed by atoms with E-state index in [1.165, 1.54) is 0 Å². The average Bonchev–Trinajstić information content (AvgIpc) is 2.84. The number of hydrogen-bond donors (Lipinski definition) is 0. The van der Waals surface area contributed by atoms with Gasteiger partial charge in [0.2, 0.25) is 5.78 Å². The van der Waals surface area contributed by atoms with E-state index in [-0.39, 0.29) is 5.78 Å². The Morgan fingerprint density at radius 2 is 2.00 bits per heavy atom. The second kappa shape index (κ2) is 6.16. The molecule has 1 aliphatic heterocycles. The summed E-state index contributed by atoms with van der Waals surface area (Å²) in [6.07, 6.45) is 1.71. The number of methoxy groups -OCH3 is 1. The van der Waals surface area contributed by atoms with Crippen LogP contribution in [-0.2, 0) is 0 Å². The third kappa shape index (κ3) is 2.80. The lowest BCUT2D eigenvalue weighted by Crippen LogP contribution is -2.00. The highest BCUT2D eigenvalue weighted by Gasteiger charge is 2.30. The molecule has 4 heteroatoms. The molecule has 1 heterocycles. The lowest BCUT2D eigenvalue weighted by Gasteiger charge is -2.06. The van der Waals surface area contributed by atoms with Crippen LogP contribution >= 0.6 is 0 Å². The molecule has 0 saturated heterocycles. The third-order valence-electron chi connectivity index (χ3n) is 3.68. The number of rotatable bonds is 4. The predicted molar refractivity (Wildman–Crippen MR) is 88.3 cm³/mol. The van der Waals surface area contributed by atoms with Gasteiger partial charge >= 0.3 is 0 Å². The van der Waals surface area contributed by atoms with Crippen LogP contribution in [0.15, 0.2) is 42.2 Å². The Kier molecular flexibility index (Phi) is 4.06. The Morgan fingerprint density at radius 1 is 1.22 bits per heavy atom. The van der Waals surface area contributed by atoms with Gasteiger partial charge < -0.3 is 14.2 Å². The normalized spacial score (nSPS) is 14.6. The number of benzene rings is 2. The Morgan fingerprint density at radius 3 is 2.74 bits per heavy atom. The fourth-order valence-electron chi connectivity index (χ4n) is 2.65. The summed E-state index contributed by atoms with van der Waals surface area (Å²) < 4.78 is 16.6. The molecule has 0 atom stereocenters. The number of aryl methyl sites for hydroxylation is 1. The molecule has 0 fully saturated rings. The highest BCUT2D eigenvalue weighted by molar-refractivity contribution is 6.15. The number of allylic oxidation sites excluding steroid dienone is 1. The van der Waals surface area contributed by atoms with Gasteiger partial charge in [0, 0.05) is 11.6 Å². The van der Waals surface area contributed by atoms with Crippen LogP contribution in [0.3, 0.4) is 0 Å². The van der Waals surface area contributed by atoms with Crippen LogP contribution in [0.1, 0.15) is 28.4 Å². The molecule has 0 saturated carbocycles. The molecule has 2 aromatic carbocycles. The van der Waals surface area contributed by atoms with Crippen molar-refractivity contribution < 1.29 is 19.0 Å². The topological polar surface area (TPSA) is 44.8 Å². The fourth-order valence-corrected chi connectivity index (χ4v) is 2.65. The van der Waals surface area contributed by atoms with Crippen LogP contribution in [0.4, 0.5) is 0 Å². The van der Waals surface area contributed by atoms with Crippen LogP contribution in [-0.4, -0.2) is 19.5 Å². The van der Waals surface area contributed by atoms with Gasteiger partial charge in [0.05, 0.1) is 19.3 Å². The van der Waals surface area contributed by atoms with E-state index < -0.39 is 0 Å². The molecule has 0 unspecified atom stereocenters. The molecule has 1 aliphatic rings. The quantitative estimate of drug-likeness (QED) is 0.800. The summed E-state index contributed by atoms with van der Waals surface area (Å²) in [5.74, 6) is 2.11. The minimum Gasteiger partial charge on any atom is -0.496 e. The highest BCUT2D eigenvalue weighted by Crippen LogP contribution is 2.38. The van der Waals surface area contributed by atoms with Gasteiger partial charge in [-0.1, -0.05) is 18.2 Å². The molecule has 0 N–H and O–H groups in total. The monoisotopic (exact) mass is 310 g/mol.